The first-order valence-electron chi connectivity index (χ1n) is 9.17. The van der Waals surface area contributed by atoms with E-state index in [0.29, 0.717) is 31.0 Å². The zero-order chi connectivity index (χ0) is 20.5. The summed E-state index contributed by atoms with van der Waals surface area (Å²) in [6.07, 6.45) is 0.688. The summed E-state index contributed by atoms with van der Waals surface area (Å²) in [6.45, 7) is 3.18. The van der Waals surface area contributed by atoms with Gasteiger partial charge in [-0.1, -0.05) is 12.1 Å². The molecule has 8 heteroatoms. The number of hydrogen-bond acceptors (Lipinski definition) is 2. The number of carbonyl (C=O) groups is 1. The van der Waals surface area contributed by atoms with Crippen LogP contribution >= 0.6 is 24.0 Å². The van der Waals surface area contributed by atoms with E-state index in [1.54, 1.807) is 25.1 Å². The zero-order valence-corrected chi connectivity index (χ0v) is 19.2. The molecular weight excluding hydrogens is 489 g/mol. The summed E-state index contributed by atoms with van der Waals surface area (Å²) in [7, 11) is 3.44. The third-order valence-electron chi connectivity index (χ3n) is 4.05. The van der Waals surface area contributed by atoms with Gasteiger partial charge < -0.3 is 15.5 Å². The minimum Gasteiger partial charge on any atom is -0.357 e. The first-order chi connectivity index (χ1) is 13.4. The zero-order valence-electron chi connectivity index (χ0n) is 16.8. The average molecular weight is 516 g/mol. The normalized spacial score (nSPS) is 10.9. The van der Waals surface area contributed by atoms with Gasteiger partial charge in [0.25, 0.3) is 5.91 Å². The van der Waals surface area contributed by atoms with E-state index in [1.807, 2.05) is 25.1 Å². The van der Waals surface area contributed by atoms with Crippen molar-refractivity contribution in [2.24, 2.45) is 4.99 Å². The molecule has 0 aliphatic carbocycles. The van der Waals surface area contributed by atoms with Gasteiger partial charge in [0.2, 0.25) is 0 Å². The lowest BCUT2D eigenvalue weighted by Gasteiger charge is -2.13. The van der Waals surface area contributed by atoms with E-state index in [9.17, 15) is 13.6 Å². The van der Waals surface area contributed by atoms with Gasteiger partial charge in [-0.05, 0) is 49.2 Å². The van der Waals surface area contributed by atoms with Crippen molar-refractivity contribution in [1.29, 1.82) is 0 Å². The third kappa shape index (κ3) is 7.96. The number of amides is 1. The SMILES string of the molecule is CCNC(=NCc1cc(F)ccc1F)NCCc1cccc(C(=O)N(C)C)c1.I. The van der Waals surface area contributed by atoms with Gasteiger partial charge in [-0.2, -0.15) is 0 Å². The lowest BCUT2D eigenvalue weighted by Crippen LogP contribution is -2.38. The van der Waals surface area contributed by atoms with Crippen molar-refractivity contribution >= 4 is 35.8 Å². The van der Waals surface area contributed by atoms with E-state index < -0.39 is 11.6 Å². The predicted molar refractivity (Wildman–Crippen MR) is 123 cm³/mol. The molecule has 2 aromatic carbocycles. The van der Waals surface area contributed by atoms with Crippen LogP contribution in [0.15, 0.2) is 47.5 Å². The quantitative estimate of drug-likeness (QED) is 0.336. The monoisotopic (exact) mass is 516 g/mol. The van der Waals surface area contributed by atoms with Crippen LogP contribution in [0.25, 0.3) is 0 Å². The van der Waals surface area contributed by atoms with Gasteiger partial charge in [0.05, 0.1) is 6.54 Å². The van der Waals surface area contributed by atoms with Crippen LogP contribution in [0.4, 0.5) is 8.78 Å². The Morgan fingerprint density at radius 3 is 2.55 bits per heavy atom. The molecule has 2 rings (SSSR count). The molecule has 0 aromatic heterocycles. The Kier molecular flexibility index (Phi) is 10.6. The molecule has 1 amide bonds. The van der Waals surface area contributed by atoms with Crippen LogP contribution in [-0.2, 0) is 13.0 Å². The minimum atomic E-state index is -0.489. The summed E-state index contributed by atoms with van der Waals surface area (Å²) in [5.41, 5.74) is 1.86. The molecule has 0 fully saturated rings. The molecule has 29 heavy (non-hydrogen) atoms. The molecule has 0 aliphatic heterocycles. The number of nitrogens with one attached hydrogen (secondary N) is 2. The number of rotatable bonds is 7. The van der Waals surface area contributed by atoms with Crippen LogP contribution in [0, 0.1) is 11.6 Å². The molecule has 0 atom stereocenters. The van der Waals surface area contributed by atoms with Crippen molar-refractivity contribution in [3.63, 3.8) is 0 Å². The molecule has 0 heterocycles. The van der Waals surface area contributed by atoms with Crippen LogP contribution in [0.3, 0.4) is 0 Å². The Hall–Kier alpha value is -2.23. The maximum atomic E-state index is 13.7. The molecule has 0 aliphatic rings. The molecule has 0 saturated heterocycles. The van der Waals surface area contributed by atoms with E-state index in [4.69, 9.17) is 0 Å². The van der Waals surface area contributed by atoms with Crippen LogP contribution in [0.5, 0.6) is 0 Å². The number of benzene rings is 2. The number of aliphatic imine (C=N–C) groups is 1. The Bertz CT molecular complexity index is 843. The van der Waals surface area contributed by atoms with Gasteiger partial charge in [0.15, 0.2) is 5.96 Å². The molecule has 0 bridgehead atoms. The smallest absolute Gasteiger partial charge is 0.253 e. The van der Waals surface area contributed by atoms with E-state index >= 15 is 0 Å². The molecule has 158 valence electrons. The van der Waals surface area contributed by atoms with Gasteiger partial charge >= 0.3 is 0 Å². The van der Waals surface area contributed by atoms with Gasteiger partial charge in [-0.25, -0.2) is 13.8 Å². The fraction of sp³-hybridized carbons (Fsp3) is 0.333. The van der Waals surface area contributed by atoms with Gasteiger partial charge in [-0.15, -0.1) is 24.0 Å². The summed E-state index contributed by atoms with van der Waals surface area (Å²) in [4.78, 5) is 17.9. The molecular formula is C21H27F2IN4O. The van der Waals surface area contributed by atoms with Crippen molar-refractivity contribution < 1.29 is 13.6 Å². The average Bonchev–Trinajstić information content (AvgIpc) is 2.68. The summed E-state index contributed by atoms with van der Waals surface area (Å²) in [5.74, 6) is -0.492. The van der Waals surface area contributed by atoms with Crippen molar-refractivity contribution in [2.75, 3.05) is 27.2 Å². The predicted octanol–water partition coefficient (Wildman–Crippen LogP) is 3.58. The largest absolute Gasteiger partial charge is 0.357 e. The standard InChI is InChI=1S/C21H26F2N4O.HI/c1-4-24-21(26-14-17-13-18(22)8-9-19(17)23)25-11-10-15-6-5-7-16(12-15)20(28)27(2)3;/h5-9,12-13H,4,10-11,14H2,1-3H3,(H2,24,25,26);1H. The Balaban J connectivity index is 0.00000420. The third-order valence-corrected chi connectivity index (χ3v) is 4.05. The van der Waals surface area contributed by atoms with Gasteiger partial charge in [-0.3, -0.25) is 4.79 Å². The molecule has 0 spiro atoms. The minimum absolute atomic E-state index is 0. The first kappa shape index (κ1) is 24.8. The maximum absolute atomic E-state index is 13.7. The van der Waals surface area contributed by atoms with Crippen LogP contribution in [0.1, 0.15) is 28.4 Å². The lowest BCUT2D eigenvalue weighted by atomic mass is 10.1. The molecule has 0 saturated carbocycles. The van der Waals surface area contributed by atoms with Crippen LogP contribution in [0.2, 0.25) is 0 Å². The van der Waals surface area contributed by atoms with E-state index in [-0.39, 0.29) is 42.0 Å². The molecule has 2 aromatic rings. The summed E-state index contributed by atoms with van der Waals surface area (Å²) in [5, 5.41) is 6.25. The fourth-order valence-electron chi connectivity index (χ4n) is 2.61. The highest BCUT2D eigenvalue weighted by Crippen LogP contribution is 2.11. The first-order valence-corrected chi connectivity index (χ1v) is 9.17. The van der Waals surface area contributed by atoms with Crippen LogP contribution in [-0.4, -0.2) is 44.0 Å². The highest BCUT2D eigenvalue weighted by atomic mass is 127. The number of hydrogen-bond donors (Lipinski definition) is 2. The maximum Gasteiger partial charge on any atom is 0.253 e. The molecule has 2 N–H and O–H groups in total. The highest BCUT2D eigenvalue weighted by Gasteiger charge is 2.08. The highest BCUT2D eigenvalue weighted by molar-refractivity contribution is 14.0. The Labute approximate surface area is 187 Å². The Morgan fingerprint density at radius 2 is 1.86 bits per heavy atom. The van der Waals surface area contributed by atoms with Crippen molar-refractivity contribution in [3.8, 4) is 0 Å². The number of guanidine groups is 1. The van der Waals surface area contributed by atoms with Crippen LogP contribution < -0.4 is 10.6 Å². The van der Waals surface area contributed by atoms with E-state index in [2.05, 4.69) is 15.6 Å². The molecule has 0 radical (unpaired) electrons. The van der Waals surface area contributed by atoms with Gasteiger partial charge in [0, 0.05) is 38.3 Å². The summed E-state index contributed by atoms with van der Waals surface area (Å²) in [6, 6.07) is 10.8. The van der Waals surface area contributed by atoms with Crippen molar-refractivity contribution in [3.05, 3.63) is 70.8 Å². The second-order valence-corrected chi connectivity index (χ2v) is 6.51. The second-order valence-electron chi connectivity index (χ2n) is 6.51. The lowest BCUT2D eigenvalue weighted by molar-refractivity contribution is 0.0827. The number of halogens is 3. The summed E-state index contributed by atoms with van der Waals surface area (Å²) < 4.78 is 27.0. The van der Waals surface area contributed by atoms with Crippen molar-refractivity contribution in [2.45, 2.75) is 19.9 Å². The van der Waals surface area contributed by atoms with Gasteiger partial charge in [0.1, 0.15) is 11.6 Å². The number of carbonyl (C=O) groups excluding carboxylic acids is 1. The fourth-order valence-corrected chi connectivity index (χ4v) is 2.61. The molecule has 0 unspecified atom stereocenters. The number of nitrogens with zero attached hydrogens (tertiary/aromatic N) is 2. The second kappa shape index (κ2) is 12.4. The Morgan fingerprint density at radius 1 is 1.10 bits per heavy atom. The van der Waals surface area contributed by atoms with Crippen molar-refractivity contribution in [1.82, 2.24) is 15.5 Å². The van der Waals surface area contributed by atoms with E-state index in [0.717, 1.165) is 23.8 Å². The van der Waals surface area contributed by atoms with E-state index in [1.165, 1.54) is 0 Å². The topological polar surface area (TPSA) is 56.7 Å². The molecule has 5 nitrogen and oxygen atoms in total. The summed E-state index contributed by atoms with van der Waals surface area (Å²) >= 11 is 0.